The predicted molar refractivity (Wildman–Crippen MR) is 120 cm³/mol. The lowest BCUT2D eigenvalue weighted by atomic mass is 9.46. The van der Waals surface area contributed by atoms with Gasteiger partial charge in [-0.15, -0.1) is 0 Å². The maximum Gasteiger partial charge on any atom is 0.0441 e. The zero-order chi connectivity index (χ0) is 19.1. The van der Waals surface area contributed by atoms with Gasteiger partial charge in [0.25, 0.3) is 0 Å². The molecule has 3 aliphatic rings. The Balaban J connectivity index is 1.65. The number of nitrogens with zero attached hydrogens (tertiary/aromatic N) is 1. The van der Waals surface area contributed by atoms with Crippen molar-refractivity contribution in [3.8, 4) is 0 Å². The molecule has 2 bridgehead atoms. The van der Waals surface area contributed by atoms with Gasteiger partial charge in [-0.2, -0.15) is 0 Å². The van der Waals surface area contributed by atoms with E-state index in [4.69, 9.17) is 4.98 Å². The summed E-state index contributed by atoms with van der Waals surface area (Å²) < 4.78 is 0. The molecule has 0 spiro atoms. The van der Waals surface area contributed by atoms with Crippen molar-refractivity contribution in [1.82, 2.24) is 4.98 Å². The van der Waals surface area contributed by atoms with Gasteiger partial charge in [-0.05, 0) is 66.4 Å². The van der Waals surface area contributed by atoms with Crippen molar-refractivity contribution < 1.29 is 0 Å². The summed E-state index contributed by atoms with van der Waals surface area (Å²) in [5.74, 6) is 2.17. The van der Waals surface area contributed by atoms with E-state index in [9.17, 15) is 0 Å². The molecule has 3 unspecified atom stereocenters. The minimum absolute atomic E-state index is 0.432. The number of aromatic nitrogens is 1. The SMILES string of the molecule is CC1(C)C2C[C@H]1CC(c1ccccn1)C2P(c1ccccc1)c1ccccc1. The van der Waals surface area contributed by atoms with Crippen molar-refractivity contribution in [1.29, 1.82) is 0 Å². The molecule has 0 aliphatic heterocycles. The van der Waals surface area contributed by atoms with Crippen LogP contribution < -0.4 is 10.6 Å². The van der Waals surface area contributed by atoms with Gasteiger partial charge in [0.2, 0.25) is 0 Å². The number of fused-ring (bicyclic) bond motifs is 2. The molecular weight excluding hydrogens is 357 g/mol. The molecule has 1 nitrogen and oxygen atoms in total. The highest BCUT2D eigenvalue weighted by Gasteiger charge is 2.60. The fourth-order valence-corrected chi connectivity index (χ4v) is 9.16. The summed E-state index contributed by atoms with van der Waals surface area (Å²) in [6.07, 6.45) is 4.65. The summed E-state index contributed by atoms with van der Waals surface area (Å²) >= 11 is 0. The van der Waals surface area contributed by atoms with Crippen LogP contribution >= 0.6 is 7.92 Å². The van der Waals surface area contributed by atoms with Crippen molar-refractivity contribution in [3.63, 3.8) is 0 Å². The second kappa shape index (κ2) is 7.12. The fraction of sp³-hybridized carbons (Fsp3) is 0.346. The number of rotatable bonds is 4. The van der Waals surface area contributed by atoms with E-state index in [0.29, 0.717) is 17.0 Å². The first-order valence-corrected chi connectivity index (χ1v) is 11.9. The van der Waals surface area contributed by atoms with E-state index in [1.165, 1.54) is 29.1 Å². The van der Waals surface area contributed by atoms with E-state index in [0.717, 1.165) is 11.8 Å². The predicted octanol–water partition coefficient (Wildman–Crippen LogP) is 5.73. The average Bonchev–Trinajstić information content (AvgIpc) is 2.76. The molecule has 28 heavy (non-hydrogen) atoms. The van der Waals surface area contributed by atoms with Crippen LogP contribution in [0, 0.1) is 17.3 Å². The first kappa shape index (κ1) is 18.1. The summed E-state index contributed by atoms with van der Waals surface area (Å²) in [5.41, 5.74) is 2.40. The molecule has 3 aromatic rings. The third kappa shape index (κ3) is 2.92. The Hall–Kier alpha value is -1.98. The van der Waals surface area contributed by atoms with E-state index in [-0.39, 0.29) is 0 Å². The third-order valence-electron chi connectivity index (χ3n) is 7.34. The molecule has 2 heteroatoms. The van der Waals surface area contributed by atoms with Crippen LogP contribution in [-0.4, -0.2) is 10.6 Å². The smallest absolute Gasteiger partial charge is 0.0441 e. The van der Waals surface area contributed by atoms with Crippen molar-refractivity contribution in [2.75, 3.05) is 0 Å². The van der Waals surface area contributed by atoms with Gasteiger partial charge in [0, 0.05) is 17.8 Å². The highest BCUT2D eigenvalue weighted by molar-refractivity contribution is 7.73. The Morgan fingerprint density at radius 3 is 1.93 bits per heavy atom. The summed E-state index contributed by atoms with van der Waals surface area (Å²) in [7, 11) is -0.432. The van der Waals surface area contributed by atoms with Gasteiger partial charge in [0.05, 0.1) is 0 Å². The minimum atomic E-state index is -0.432. The summed E-state index contributed by atoms with van der Waals surface area (Å²) in [6.45, 7) is 5.02. The molecule has 4 atom stereocenters. The van der Waals surface area contributed by atoms with E-state index in [1.54, 1.807) is 0 Å². The van der Waals surface area contributed by atoms with Crippen LogP contribution in [0.3, 0.4) is 0 Å². The highest BCUT2D eigenvalue weighted by atomic mass is 31.1. The van der Waals surface area contributed by atoms with Crippen molar-refractivity contribution in [2.24, 2.45) is 17.3 Å². The van der Waals surface area contributed by atoms with Gasteiger partial charge < -0.3 is 0 Å². The Bertz CT molecular complexity index is 883. The molecule has 3 aliphatic carbocycles. The third-order valence-corrected chi connectivity index (χ3v) is 10.4. The fourth-order valence-electron chi connectivity index (χ4n) is 5.68. The molecule has 0 N–H and O–H groups in total. The summed E-state index contributed by atoms with van der Waals surface area (Å²) in [6, 6.07) is 29.0. The first-order valence-electron chi connectivity index (χ1n) is 10.5. The second-order valence-corrected chi connectivity index (χ2v) is 11.4. The lowest BCUT2D eigenvalue weighted by Gasteiger charge is -2.64. The molecule has 0 saturated heterocycles. The van der Waals surface area contributed by atoms with Crippen molar-refractivity contribution >= 4 is 18.5 Å². The molecule has 1 aromatic heterocycles. The summed E-state index contributed by atoms with van der Waals surface area (Å²) in [5, 5.41) is 3.02. The topological polar surface area (TPSA) is 12.9 Å². The quantitative estimate of drug-likeness (QED) is 0.523. The molecule has 2 aromatic carbocycles. The van der Waals surface area contributed by atoms with Gasteiger partial charge in [-0.25, -0.2) is 0 Å². The molecule has 3 saturated carbocycles. The zero-order valence-electron chi connectivity index (χ0n) is 16.7. The first-order chi connectivity index (χ1) is 13.7. The lowest BCUT2D eigenvalue weighted by Crippen LogP contribution is -2.58. The van der Waals surface area contributed by atoms with Crippen LogP contribution in [0.2, 0.25) is 0 Å². The van der Waals surface area contributed by atoms with Crippen LogP contribution in [0.1, 0.15) is 38.3 Å². The molecule has 1 heterocycles. The Labute approximate surface area is 170 Å². The van der Waals surface area contributed by atoms with Crippen LogP contribution in [-0.2, 0) is 0 Å². The van der Waals surface area contributed by atoms with Gasteiger partial charge in [-0.1, -0.05) is 80.6 Å². The number of hydrogen-bond acceptors (Lipinski definition) is 1. The van der Waals surface area contributed by atoms with Crippen molar-refractivity contribution in [2.45, 2.75) is 38.3 Å². The van der Waals surface area contributed by atoms with Crippen LogP contribution in [0.25, 0.3) is 0 Å². The second-order valence-electron chi connectivity index (χ2n) is 8.99. The maximum atomic E-state index is 4.84. The zero-order valence-corrected chi connectivity index (χ0v) is 17.6. The van der Waals surface area contributed by atoms with Gasteiger partial charge >= 0.3 is 0 Å². The van der Waals surface area contributed by atoms with Gasteiger partial charge in [0.15, 0.2) is 0 Å². The molecule has 142 valence electrons. The number of hydrogen-bond donors (Lipinski definition) is 0. The van der Waals surface area contributed by atoms with E-state index in [1.807, 2.05) is 12.3 Å². The largest absolute Gasteiger partial charge is 0.261 e. The van der Waals surface area contributed by atoms with Crippen LogP contribution in [0.15, 0.2) is 85.1 Å². The maximum absolute atomic E-state index is 4.84. The summed E-state index contributed by atoms with van der Waals surface area (Å²) in [4.78, 5) is 4.84. The molecule has 6 rings (SSSR count). The van der Waals surface area contributed by atoms with Gasteiger partial charge in [-0.3, -0.25) is 4.98 Å². The van der Waals surface area contributed by atoms with E-state index in [2.05, 4.69) is 86.6 Å². The Kier molecular flexibility index (Phi) is 4.60. The van der Waals surface area contributed by atoms with Crippen LogP contribution in [0.4, 0.5) is 0 Å². The number of pyridine rings is 1. The molecule has 0 amide bonds. The minimum Gasteiger partial charge on any atom is -0.261 e. The molecule has 3 fully saturated rings. The van der Waals surface area contributed by atoms with Crippen LogP contribution in [0.5, 0.6) is 0 Å². The highest BCUT2D eigenvalue weighted by Crippen LogP contribution is 2.69. The van der Waals surface area contributed by atoms with E-state index < -0.39 is 7.92 Å². The lowest BCUT2D eigenvalue weighted by molar-refractivity contribution is -0.0704. The monoisotopic (exact) mass is 385 g/mol. The van der Waals surface area contributed by atoms with Gasteiger partial charge in [0.1, 0.15) is 0 Å². The number of benzene rings is 2. The standard InChI is InChI=1S/C26H28NP/c1-26(2)19-17-22(24-15-9-10-16-27-24)25(23(26)18-19)28(20-11-5-3-6-12-20)21-13-7-4-8-14-21/h3-16,19,22-23,25H,17-18H2,1-2H3/t19-,22?,23?,25?/m1/s1. The van der Waals surface area contributed by atoms with E-state index >= 15 is 0 Å². The Morgan fingerprint density at radius 2 is 1.39 bits per heavy atom. The molecule has 0 radical (unpaired) electrons. The normalized spacial score (nSPS) is 28.0. The Morgan fingerprint density at radius 1 is 0.786 bits per heavy atom. The van der Waals surface area contributed by atoms with Crippen molar-refractivity contribution in [3.05, 3.63) is 90.8 Å². The molecular formula is C26H28NP. The average molecular weight is 385 g/mol.